The van der Waals surface area contributed by atoms with E-state index in [0.717, 1.165) is 21.4 Å². The smallest absolute Gasteiger partial charge is 0.321 e. The second kappa shape index (κ2) is 9.21. The van der Waals surface area contributed by atoms with E-state index in [1.54, 1.807) is 16.8 Å². The highest BCUT2D eigenvalue weighted by atomic mass is 79.9. The van der Waals surface area contributed by atoms with E-state index in [-0.39, 0.29) is 11.9 Å². The van der Waals surface area contributed by atoms with E-state index in [0.29, 0.717) is 32.7 Å². The molecule has 3 rings (SSSR count). The van der Waals surface area contributed by atoms with Crippen LogP contribution in [-0.2, 0) is 4.79 Å². The number of rotatable bonds is 4. The predicted molar refractivity (Wildman–Crippen MR) is 116 cm³/mol. The summed E-state index contributed by atoms with van der Waals surface area (Å²) in [5, 5.41) is 2.97. The Balaban J connectivity index is 1.48. The number of para-hydroxylation sites is 1. The van der Waals surface area contributed by atoms with Crippen molar-refractivity contribution in [1.29, 1.82) is 0 Å². The van der Waals surface area contributed by atoms with Crippen LogP contribution >= 0.6 is 15.9 Å². The van der Waals surface area contributed by atoms with E-state index in [4.69, 9.17) is 0 Å². The molecule has 0 spiro atoms. The van der Waals surface area contributed by atoms with Gasteiger partial charge in [0.1, 0.15) is 0 Å². The zero-order valence-electron chi connectivity index (χ0n) is 16.2. The van der Waals surface area contributed by atoms with Crippen molar-refractivity contribution in [2.24, 2.45) is 0 Å². The second-order valence-electron chi connectivity index (χ2n) is 6.94. The van der Waals surface area contributed by atoms with Gasteiger partial charge in [-0.15, -0.1) is 0 Å². The summed E-state index contributed by atoms with van der Waals surface area (Å²) in [7, 11) is 1.79. The molecule has 6 nitrogen and oxygen atoms in total. The van der Waals surface area contributed by atoms with E-state index in [1.807, 2.05) is 55.5 Å². The zero-order chi connectivity index (χ0) is 20.1. The minimum atomic E-state index is -0.0993. The van der Waals surface area contributed by atoms with Gasteiger partial charge in [-0.05, 0) is 42.8 Å². The van der Waals surface area contributed by atoms with Crippen LogP contribution in [0.5, 0.6) is 0 Å². The van der Waals surface area contributed by atoms with Crippen molar-refractivity contribution in [3.63, 3.8) is 0 Å². The number of piperazine rings is 1. The summed E-state index contributed by atoms with van der Waals surface area (Å²) in [5.74, 6) is 0.0505. The molecular formula is C21H25BrN4O2. The number of carbonyl (C=O) groups excluding carboxylic acids is 2. The molecule has 0 radical (unpaired) electrons. The average Bonchev–Trinajstić information content (AvgIpc) is 2.70. The van der Waals surface area contributed by atoms with Gasteiger partial charge in [0.05, 0.1) is 6.54 Å². The second-order valence-corrected chi connectivity index (χ2v) is 7.86. The van der Waals surface area contributed by atoms with Gasteiger partial charge in [-0.25, -0.2) is 4.79 Å². The van der Waals surface area contributed by atoms with Crippen molar-refractivity contribution >= 4 is 39.2 Å². The molecule has 1 heterocycles. The van der Waals surface area contributed by atoms with Crippen LogP contribution < -0.4 is 10.2 Å². The van der Waals surface area contributed by atoms with Crippen LogP contribution in [0.15, 0.2) is 53.0 Å². The maximum Gasteiger partial charge on any atom is 0.321 e. The summed E-state index contributed by atoms with van der Waals surface area (Å²) in [6.07, 6.45) is 0. The van der Waals surface area contributed by atoms with Gasteiger partial charge in [0.2, 0.25) is 5.91 Å². The number of halogens is 1. The maximum atomic E-state index is 12.5. The van der Waals surface area contributed by atoms with E-state index in [1.165, 1.54) is 0 Å². The lowest BCUT2D eigenvalue weighted by Crippen LogP contribution is -2.52. The van der Waals surface area contributed by atoms with E-state index < -0.39 is 0 Å². The molecule has 28 heavy (non-hydrogen) atoms. The Kier molecular flexibility index (Phi) is 6.70. The first-order valence-corrected chi connectivity index (χ1v) is 10.1. The Hall–Kier alpha value is -2.38. The van der Waals surface area contributed by atoms with Crippen molar-refractivity contribution in [2.75, 3.05) is 50.0 Å². The molecule has 0 unspecified atom stereocenters. The standard InChI is InChI=1S/C21H25BrN4O2/c1-16-14-17(22)8-9-19(16)23-21(28)26-12-10-25(11-13-26)15-20(27)24(2)18-6-4-3-5-7-18/h3-9,14H,10-13,15H2,1-2H3,(H,23,28). The Labute approximate surface area is 174 Å². The molecule has 1 aliphatic rings. The van der Waals surface area contributed by atoms with Crippen molar-refractivity contribution in [3.8, 4) is 0 Å². The van der Waals surface area contributed by atoms with Gasteiger partial charge in [-0.2, -0.15) is 0 Å². The number of hydrogen-bond acceptors (Lipinski definition) is 3. The van der Waals surface area contributed by atoms with Gasteiger partial charge >= 0.3 is 6.03 Å². The first-order chi connectivity index (χ1) is 13.4. The molecule has 7 heteroatoms. The Morgan fingerprint density at radius 3 is 2.39 bits per heavy atom. The summed E-state index contributed by atoms with van der Waals surface area (Å²) >= 11 is 3.43. The van der Waals surface area contributed by atoms with Crippen LogP contribution in [0.4, 0.5) is 16.2 Å². The van der Waals surface area contributed by atoms with Gasteiger partial charge < -0.3 is 15.1 Å². The van der Waals surface area contributed by atoms with Crippen molar-refractivity contribution in [3.05, 3.63) is 58.6 Å². The fraction of sp³-hybridized carbons (Fsp3) is 0.333. The third-order valence-electron chi connectivity index (χ3n) is 4.97. The molecule has 2 aromatic rings. The number of carbonyl (C=O) groups is 2. The summed E-state index contributed by atoms with van der Waals surface area (Å²) in [4.78, 5) is 30.6. The van der Waals surface area contributed by atoms with Crippen molar-refractivity contribution < 1.29 is 9.59 Å². The van der Waals surface area contributed by atoms with E-state index in [2.05, 4.69) is 26.1 Å². The lowest BCUT2D eigenvalue weighted by atomic mass is 10.2. The van der Waals surface area contributed by atoms with Crippen LogP contribution in [0, 0.1) is 6.92 Å². The highest BCUT2D eigenvalue weighted by Crippen LogP contribution is 2.20. The van der Waals surface area contributed by atoms with Crippen LogP contribution in [0.1, 0.15) is 5.56 Å². The summed E-state index contributed by atoms with van der Waals surface area (Å²) in [6.45, 7) is 4.88. The topological polar surface area (TPSA) is 55.9 Å². The van der Waals surface area contributed by atoms with Crippen LogP contribution in [-0.4, -0.2) is 61.5 Å². The number of nitrogens with zero attached hydrogens (tertiary/aromatic N) is 3. The Bertz CT molecular complexity index is 836. The Morgan fingerprint density at radius 2 is 1.75 bits per heavy atom. The van der Waals surface area contributed by atoms with E-state index >= 15 is 0 Å². The van der Waals surface area contributed by atoms with Gasteiger partial charge in [0.25, 0.3) is 0 Å². The highest BCUT2D eigenvalue weighted by Gasteiger charge is 2.24. The molecule has 1 N–H and O–H groups in total. The number of nitrogens with one attached hydrogen (secondary N) is 1. The SMILES string of the molecule is Cc1cc(Br)ccc1NC(=O)N1CCN(CC(=O)N(C)c2ccccc2)CC1. The molecule has 0 aromatic heterocycles. The van der Waals surface area contributed by atoms with Crippen LogP contribution in [0.2, 0.25) is 0 Å². The lowest BCUT2D eigenvalue weighted by Gasteiger charge is -2.35. The molecule has 1 fully saturated rings. The quantitative estimate of drug-likeness (QED) is 0.783. The molecule has 148 valence electrons. The van der Waals surface area contributed by atoms with Crippen molar-refractivity contribution in [1.82, 2.24) is 9.80 Å². The number of hydrogen-bond donors (Lipinski definition) is 1. The number of amides is 3. The molecule has 1 aliphatic heterocycles. The van der Waals surface area contributed by atoms with Gasteiger partial charge in [-0.3, -0.25) is 9.69 Å². The maximum absolute atomic E-state index is 12.5. The minimum Gasteiger partial charge on any atom is -0.322 e. The van der Waals surface area contributed by atoms with E-state index in [9.17, 15) is 9.59 Å². The van der Waals surface area contributed by atoms with Gasteiger partial charge in [0.15, 0.2) is 0 Å². The fourth-order valence-electron chi connectivity index (χ4n) is 3.16. The number of likely N-dealkylation sites (N-methyl/N-ethyl adjacent to an activating group) is 1. The Morgan fingerprint density at radius 1 is 1.07 bits per heavy atom. The fourth-order valence-corrected chi connectivity index (χ4v) is 3.64. The van der Waals surface area contributed by atoms with Crippen LogP contribution in [0.3, 0.4) is 0 Å². The van der Waals surface area contributed by atoms with Gasteiger partial charge in [0, 0.05) is 49.1 Å². The number of anilines is 2. The predicted octanol–water partition coefficient (Wildman–Crippen LogP) is 3.57. The molecule has 0 bridgehead atoms. The molecule has 0 atom stereocenters. The highest BCUT2D eigenvalue weighted by molar-refractivity contribution is 9.10. The summed E-state index contributed by atoms with van der Waals surface area (Å²) < 4.78 is 0.988. The third kappa shape index (κ3) is 5.11. The lowest BCUT2D eigenvalue weighted by molar-refractivity contribution is -0.119. The molecule has 1 saturated heterocycles. The molecule has 3 amide bonds. The average molecular weight is 445 g/mol. The summed E-state index contributed by atoms with van der Waals surface area (Å²) in [6, 6.07) is 15.3. The van der Waals surface area contributed by atoms with Gasteiger partial charge in [-0.1, -0.05) is 34.1 Å². The first kappa shape index (κ1) is 20.4. The number of urea groups is 1. The van der Waals surface area contributed by atoms with Crippen LogP contribution in [0.25, 0.3) is 0 Å². The number of aryl methyl sites for hydroxylation is 1. The van der Waals surface area contributed by atoms with Crippen molar-refractivity contribution in [2.45, 2.75) is 6.92 Å². The normalized spacial score (nSPS) is 14.6. The molecule has 2 aromatic carbocycles. The summed E-state index contributed by atoms with van der Waals surface area (Å²) in [5.41, 5.74) is 2.71. The number of benzene rings is 2. The minimum absolute atomic E-state index is 0.0505. The zero-order valence-corrected chi connectivity index (χ0v) is 17.8. The third-order valence-corrected chi connectivity index (χ3v) is 5.46. The molecule has 0 aliphatic carbocycles. The monoisotopic (exact) mass is 444 g/mol. The first-order valence-electron chi connectivity index (χ1n) is 9.30. The largest absolute Gasteiger partial charge is 0.322 e. The molecule has 0 saturated carbocycles. The molecular weight excluding hydrogens is 420 g/mol.